The minimum atomic E-state index is -0.845. The zero-order valence-corrected chi connectivity index (χ0v) is 14.9. The summed E-state index contributed by atoms with van der Waals surface area (Å²) in [4.78, 5) is 25.6. The lowest BCUT2D eigenvalue weighted by atomic mass is 9.81. The average Bonchev–Trinajstić information content (AvgIpc) is 2.67. The third-order valence-electron chi connectivity index (χ3n) is 4.69. The lowest BCUT2D eigenvalue weighted by molar-refractivity contribution is -0.144. The maximum Gasteiger partial charge on any atom is 0.410 e. The molecule has 1 aliphatic rings. The first kappa shape index (κ1) is 18.3. The van der Waals surface area contributed by atoms with Gasteiger partial charge in [-0.15, -0.1) is 0 Å². The molecule has 0 radical (unpaired) electrons. The van der Waals surface area contributed by atoms with Gasteiger partial charge in [-0.05, 0) is 29.7 Å². The summed E-state index contributed by atoms with van der Waals surface area (Å²) in [5.41, 5.74) is 1.78. The predicted molar refractivity (Wildman–Crippen MR) is 98.1 cm³/mol. The molecule has 136 valence electrons. The second kappa shape index (κ2) is 8.23. The molecule has 2 atom stereocenters. The molecule has 0 saturated carbocycles. The second-order valence-corrected chi connectivity index (χ2v) is 6.81. The summed E-state index contributed by atoms with van der Waals surface area (Å²) in [6.07, 6.45) is -0.0278. The van der Waals surface area contributed by atoms with Crippen LogP contribution in [0.5, 0.6) is 0 Å². The van der Waals surface area contributed by atoms with E-state index in [9.17, 15) is 14.7 Å². The summed E-state index contributed by atoms with van der Waals surface area (Å²) < 4.78 is 5.39. The summed E-state index contributed by atoms with van der Waals surface area (Å²) in [6, 6.07) is 16.6. The van der Waals surface area contributed by atoms with Crippen molar-refractivity contribution < 1.29 is 19.4 Å². The zero-order chi connectivity index (χ0) is 18.5. The first-order valence-electron chi connectivity index (χ1n) is 8.48. The van der Waals surface area contributed by atoms with Gasteiger partial charge >= 0.3 is 12.1 Å². The predicted octanol–water partition coefficient (Wildman–Crippen LogP) is 4.17. The number of benzene rings is 2. The van der Waals surface area contributed by atoms with Crippen LogP contribution in [0.4, 0.5) is 4.79 Å². The number of rotatable bonds is 4. The van der Waals surface area contributed by atoms with Crippen LogP contribution in [0.15, 0.2) is 54.6 Å². The first-order chi connectivity index (χ1) is 12.5. The van der Waals surface area contributed by atoms with Crippen LogP contribution >= 0.6 is 11.6 Å². The van der Waals surface area contributed by atoms with E-state index in [2.05, 4.69) is 0 Å². The number of nitrogens with zero attached hydrogens (tertiary/aromatic N) is 1. The number of hydrogen-bond acceptors (Lipinski definition) is 3. The fraction of sp³-hybridized carbons (Fsp3) is 0.300. The van der Waals surface area contributed by atoms with Crippen molar-refractivity contribution in [3.05, 3.63) is 70.7 Å². The largest absolute Gasteiger partial charge is 0.481 e. The molecule has 1 fully saturated rings. The molecule has 2 unspecified atom stereocenters. The number of carbonyl (C=O) groups excluding carboxylic acids is 1. The van der Waals surface area contributed by atoms with E-state index in [1.165, 1.54) is 0 Å². The van der Waals surface area contributed by atoms with Gasteiger partial charge in [0.2, 0.25) is 0 Å². The van der Waals surface area contributed by atoms with Gasteiger partial charge in [0.1, 0.15) is 6.61 Å². The SMILES string of the molecule is O=C(O)C1CCN(C(=O)OCc2ccccc2)CC1c1ccc(Cl)cc1. The van der Waals surface area contributed by atoms with Gasteiger partial charge in [0.05, 0.1) is 5.92 Å². The van der Waals surface area contributed by atoms with E-state index in [1.807, 2.05) is 42.5 Å². The molecule has 1 saturated heterocycles. The van der Waals surface area contributed by atoms with E-state index in [1.54, 1.807) is 17.0 Å². The van der Waals surface area contributed by atoms with Crippen molar-refractivity contribution >= 4 is 23.7 Å². The fourth-order valence-corrected chi connectivity index (χ4v) is 3.40. The molecule has 2 aromatic carbocycles. The molecule has 2 aromatic rings. The van der Waals surface area contributed by atoms with Gasteiger partial charge in [-0.25, -0.2) is 4.79 Å². The van der Waals surface area contributed by atoms with E-state index in [4.69, 9.17) is 16.3 Å². The molecule has 0 aliphatic carbocycles. The highest BCUT2D eigenvalue weighted by Gasteiger charge is 2.37. The summed E-state index contributed by atoms with van der Waals surface area (Å²) in [5, 5.41) is 10.1. The number of carboxylic acid groups (broad SMARTS) is 1. The number of aliphatic carboxylic acids is 1. The van der Waals surface area contributed by atoms with Gasteiger partial charge in [0.25, 0.3) is 0 Å². The number of halogens is 1. The van der Waals surface area contributed by atoms with Crippen molar-refractivity contribution in [1.82, 2.24) is 4.90 Å². The minimum absolute atomic E-state index is 0.199. The maximum atomic E-state index is 12.4. The van der Waals surface area contributed by atoms with Crippen molar-refractivity contribution in [3.63, 3.8) is 0 Å². The van der Waals surface area contributed by atoms with Gasteiger partial charge in [-0.1, -0.05) is 54.1 Å². The minimum Gasteiger partial charge on any atom is -0.481 e. The van der Waals surface area contributed by atoms with Crippen LogP contribution in [0.1, 0.15) is 23.5 Å². The molecule has 0 bridgehead atoms. The Balaban J connectivity index is 1.68. The highest BCUT2D eigenvalue weighted by atomic mass is 35.5. The Hall–Kier alpha value is -2.53. The van der Waals surface area contributed by atoms with Crippen LogP contribution < -0.4 is 0 Å². The van der Waals surface area contributed by atoms with Gasteiger partial charge in [0.15, 0.2) is 0 Å². The Labute approximate surface area is 157 Å². The third-order valence-corrected chi connectivity index (χ3v) is 4.94. The number of likely N-dealkylation sites (tertiary alicyclic amines) is 1. The summed E-state index contributed by atoms with van der Waals surface area (Å²) in [7, 11) is 0. The number of amides is 1. The summed E-state index contributed by atoms with van der Waals surface area (Å²) >= 11 is 5.93. The van der Waals surface area contributed by atoms with Gasteiger partial charge in [-0.2, -0.15) is 0 Å². The number of hydrogen-bond donors (Lipinski definition) is 1. The van der Waals surface area contributed by atoms with E-state index >= 15 is 0 Å². The lowest BCUT2D eigenvalue weighted by Crippen LogP contribution is -2.45. The van der Waals surface area contributed by atoms with E-state index < -0.39 is 18.0 Å². The molecular weight excluding hydrogens is 354 g/mol. The van der Waals surface area contributed by atoms with Gasteiger partial charge in [0, 0.05) is 24.0 Å². The molecule has 1 N–H and O–H groups in total. The molecule has 6 heteroatoms. The van der Waals surface area contributed by atoms with E-state index in [-0.39, 0.29) is 12.5 Å². The summed E-state index contributed by atoms with van der Waals surface area (Å²) in [5.74, 6) is -1.67. The Kier molecular flexibility index (Phi) is 5.78. The average molecular weight is 374 g/mol. The molecule has 5 nitrogen and oxygen atoms in total. The fourth-order valence-electron chi connectivity index (χ4n) is 3.27. The molecule has 0 aromatic heterocycles. The Morgan fingerprint density at radius 1 is 1.12 bits per heavy atom. The molecule has 1 heterocycles. The molecular formula is C20H20ClNO4. The summed E-state index contributed by atoms with van der Waals surface area (Å²) in [6.45, 7) is 0.880. The Morgan fingerprint density at radius 3 is 2.46 bits per heavy atom. The molecule has 0 spiro atoms. The number of piperidine rings is 1. The zero-order valence-electron chi connectivity index (χ0n) is 14.2. The number of ether oxygens (including phenoxy) is 1. The highest BCUT2D eigenvalue weighted by molar-refractivity contribution is 6.30. The van der Waals surface area contributed by atoms with Crippen LogP contribution in [0.25, 0.3) is 0 Å². The smallest absolute Gasteiger partial charge is 0.410 e. The monoisotopic (exact) mass is 373 g/mol. The third kappa shape index (κ3) is 4.35. The molecule has 26 heavy (non-hydrogen) atoms. The topological polar surface area (TPSA) is 66.8 Å². The van der Waals surface area contributed by atoms with Crippen molar-refractivity contribution in [2.24, 2.45) is 5.92 Å². The lowest BCUT2D eigenvalue weighted by Gasteiger charge is -2.36. The van der Waals surface area contributed by atoms with Crippen molar-refractivity contribution in [2.75, 3.05) is 13.1 Å². The Bertz CT molecular complexity index is 763. The number of carbonyl (C=O) groups is 2. The normalized spacial score (nSPS) is 19.8. The van der Waals surface area contributed by atoms with Crippen LogP contribution in [-0.4, -0.2) is 35.2 Å². The molecule has 1 amide bonds. The molecule has 1 aliphatic heterocycles. The van der Waals surface area contributed by atoms with Crippen molar-refractivity contribution in [3.8, 4) is 0 Å². The second-order valence-electron chi connectivity index (χ2n) is 6.38. The van der Waals surface area contributed by atoms with Crippen molar-refractivity contribution in [1.29, 1.82) is 0 Å². The Morgan fingerprint density at radius 2 is 1.81 bits per heavy atom. The van der Waals surface area contributed by atoms with Crippen LogP contribution in [0.3, 0.4) is 0 Å². The maximum absolute atomic E-state index is 12.4. The standard InChI is InChI=1S/C20H20ClNO4/c21-16-8-6-15(7-9-16)18-12-22(11-10-17(18)19(23)24)20(25)26-13-14-4-2-1-3-5-14/h1-9,17-18H,10-13H2,(H,23,24). The first-order valence-corrected chi connectivity index (χ1v) is 8.86. The number of carboxylic acids is 1. The molecule has 3 rings (SSSR count). The van der Waals surface area contributed by atoms with Gasteiger partial charge in [-0.3, -0.25) is 4.79 Å². The van der Waals surface area contributed by atoms with Crippen LogP contribution in [0, 0.1) is 5.92 Å². The van der Waals surface area contributed by atoms with Crippen LogP contribution in [-0.2, 0) is 16.1 Å². The highest BCUT2D eigenvalue weighted by Crippen LogP contribution is 2.33. The van der Waals surface area contributed by atoms with Crippen molar-refractivity contribution in [2.45, 2.75) is 18.9 Å². The quantitative estimate of drug-likeness (QED) is 0.873. The van der Waals surface area contributed by atoms with Gasteiger partial charge < -0.3 is 14.7 Å². The van der Waals surface area contributed by atoms with E-state index in [0.29, 0.717) is 24.5 Å². The van der Waals surface area contributed by atoms with E-state index in [0.717, 1.165) is 11.1 Å². The van der Waals surface area contributed by atoms with Crippen LogP contribution in [0.2, 0.25) is 5.02 Å².